The number of benzene rings is 1. The second-order valence-electron chi connectivity index (χ2n) is 4.62. The van der Waals surface area contributed by atoms with Crippen LogP contribution in [0.5, 0.6) is 0 Å². The zero-order valence-electron chi connectivity index (χ0n) is 13.5. The number of non-ortho nitro benzene ring substituents is 1. The summed E-state index contributed by atoms with van der Waals surface area (Å²) in [6.45, 7) is 2.63. The molecule has 0 aliphatic carbocycles. The summed E-state index contributed by atoms with van der Waals surface area (Å²) >= 11 is 4.86. The summed E-state index contributed by atoms with van der Waals surface area (Å²) in [4.78, 5) is 33.3. The minimum Gasteiger partial charge on any atom is -0.381 e. The smallest absolute Gasteiger partial charge is 0.270 e. The molecule has 1 aromatic carbocycles. The maximum Gasteiger partial charge on any atom is 0.270 e. The first kappa shape index (κ1) is 20.2. The van der Waals surface area contributed by atoms with Crippen molar-refractivity contribution >= 4 is 40.9 Å². The Morgan fingerprint density at radius 3 is 2.80 bits per heavy atom. The van der Waals surface area contributed by atoms with Crippen molar-refractivity contribution in [1.29, 1.82) is 0 Å². The molecule has 0 bridgehead atoms. The predicted molar refractivity (Wildman–Crippen MR) is 95.3 cm³/mol. The van der Waals surface area contributed by atoms with Gasteiger partial charge in [-0.2, -0.15) is 0 Å². The van der Waals surface area contributed by atoms with E-state index in [0.717, 1.165) is 0 Å². The van der Waals surface area contributed by atoms with Crippen LogP contribution in [0.4, 0.5) is 5.69 Å². The van der Waals surface area contributed by atoms with E-state index in [4.69, 9.17) is 17.0 Å². The van der Waals surface area contributed by atoms with Gasteiger partial charge in [0.05, 0.1) is 18.0 Å². The van der Waals surface area contributed by atoms with Crippen molar-refractivity contribution in [1.82, 2.24) is 16.2 Å². The molecule has 0 aliphatic rings. The zero-order valence-corrected chi connectivity index (χ0v) is 14.3. The summed E-state index contributed by atoms with van der Waals surface area (Å²) in [5, 5.41) is 12.9. The minimum atomic E-state index is -0.549. The first-order valence-corrected chi connectivity index (χ1v) is 7.73. The highest BCUT2D eigenvalue weighted by atomic mass is 32.1. The normalized spacial score (nSPS) is 10.3. The van der Waals surface area contributed by atoms with Crippen LogP contribution in [0.2, 0.25) is 0 Å². The van der Waals surface area contributed by atoms with E-state index in [0.29, 0.717) is 12.2 Å². The number of carbonyl (C=O) groups is 2. The highest BCUT2D eigenvalue weighted by Crippen LogP contribution is 2.13. The van der Waals surface area contributed by atoms with Crippen LogP contribution < -0.4 is 16.2 Å². The number of ether oxygens (including phenoxy) is 1. The standard InChI is InChI=1S/C15H18N4O5S/c1-2-24-9-8-14(21)17-18-15(25)16-13(20)7-6-11-4-3-5-12(10-11)19(22)23/h3-7,10H,2,8-9H2,1H3,(H,17,21)(H2,16,18,20,25)/b7-6+. The SMILES string of the molecule is CCOCCC(=O)NNC(=S)NC(=O)/C=C/c1cccc([N+](=O)[O-])c1. The Morgan fingerprint density at radius 1 is 1.36 bits per heavy atom. The van der Waals surface area contributed by atoms with Gasteiger partial charge in [-0.15, -0.1) is 0 Å². The Labute approximate surface area is 149 Å². The van der Waals surface area contributed by atoms with Crippen molar-refractivity contribution in [2.75, 3.05) is 13.2 Å². The van der Waals surface area contributed by atoms with Crippen LogP contribution in [0, 0.1) is 10.1 Å². The molecule has 0 heterocycles. The first-order chi connectivity index (χ1) is 11.9. The van der Waals surface area contributed by atoms with E-state index < -0.39 is 10.8 Å². The van der Waals surface area contributed by atoms with Crippen molar-refractivity contribution < 1.29 is 19.2 Å². The molecule has 134 valence electrons. The van der Waals surface area contributed by atoms with Crippen molar-refractivity contribution in [3.63, 3.8) is 0 Å². The van der Waals surface area contributed by atoms with Crippen LogP contribution in [0.15, 0.2) is 30.3 Å². The van der Waals surface area contributed by atoms with Gasteiger partial charge < -0.3 is 4.74 Å². The summed E-state index contributed by atoms with van der Waals surface area (Å²) < 4.78 is 5.03. The molecule has 0 spiro atoms. The maximum absolute atomic E-state index is 11.7. The van der Waals surface area contributed by atoms with E-state index in [1.807, 2.05) is 6.92 Å². The summed E-state index contributed by atoms with van der Waals surface area (Å²) in [5.41, 5.74) is 5.12. The van der Waals surface area contributed by atoms with Crippen molar-refractivity contribution in [2.45, 2.75) is 13.3 Å². The highest BCUT2D eigenvalue weighted by Gasteiger charge is 2.06. The zero-order chi connectivity index (χ0) is 18.7. The fourth-order valence-corrected chi connectivity index (χ4v) is 1.75. The molecule has 1 rings (SSSR count). The lowest BCUT2D eigenvalue weighted by molar-refractivity contribution is -0.384. The molecule has 10 heteroatoms. The molecule has 0 atom stereocenters. The van der Waals surface area contributed by atoms with E-state index in [1.165, 1.54) is 30.4 Å². The van der Waals surface area contributed by atoms with Gasteiger partial charge in [-0.05, 0) is 30.8 Å². The van der Waals surface area contributed by atoms with Crippen LogP contribution in [-0.4, -0.2) is 35.1 Å². The molecule has 0 saturated heterocycles. The molecule has 25 heavy (non-hydrogen) atoms. The molecule has 0 saturated carbocycles. The Morgan fingerprint density at radius 2 is 2.12 bits per heavy atom. The fraction of sp³-hybridized carbons (Fsp3) is 0.267. The lowest BCUT2D eigenvalue weighted by Crippen LogP contribution is -2.48. The largest absolute Gasteiger partial charge is 0.381 e. The molecule has 2 amide bonds. The predicted octanol–water partition coefficient (Wildman–Crippen LogP) is 1.06. The lowest BCUT2D eigenvalue weighted by atomic mass is 10.2. The summed E-state index contributed by atoms with van der Waals surface area (Å²) in [5.74, 6) is -0.884. The number of hydrazine groups is 1. The van der Waals surface area contributed by atoms with Crippen LogP contribution in [0.1, 0.15) is 18.9 Å². The van der Waals surface area contributed by atoms with E-state index in [-0.39, 0.29) is 29.7 Å². The number of carbonyl (C=O) groups excluding carboxylic acids is 2. The number of thiocarbonyl (C=S) groups is 1. The first-order valence-electron chi connectivity index (χ1n) is 7.32. The van der Waals surface area contributed by atoms with Crippen LogP contribution in [-0.2, 0) is 14.3 Å². The minimum absolute atomic E-state index is 0.0745. The molecule has 0 fully saturated rings. The monoisotopic (exact) mass is 366 g/mol. The van der Waals surface area contributed by atoms with Crippen molar-refractivity contribution in [3.05, 3.63) is 46.0 Å². The van der Waals surface area contributed by atoms with Gasteiger partial charge in [-0.3, -0.25) is 35.9 Å². The molecular weight excluding hydrogens is 348 g/mol. The Balaban J connectivity index is 2.40. The van der Waals surface area contributed by atoms with Gasteiger partial charge in [0.2, 0.25) is 11.8 Å². The Kier molecular flexibility index (Phi) is 8.75. The van der Waals surface area contributed by atoms with E-state index in [2.05, 4.69) is 16.2 Å². The van der Waals surface area contributed by atoms with Gasteiger partial charge in [0.25, 0.3) is 5.69 Å². The third kappa shape index (κ3) is 8.53. The summed E-state index contributed by atoms with van der Waals surface area (Å²) in [7, 11) is 0. The van der Waals surface area contributed by atoms with Crippen molar-refractivity contribution in [3.8, 4) is 0 Å². The van der Waals surface area contributed by atoms with E-state index in [1.54, 1.807) is 6.07 Å². The number of nitro groups is 1. The molecule has 0 radical (unpaired) electrons. The maximum atomic E-state index is 11.7. The van der Waals surface area contributed by atoms with Gasteiger partial charge in [0, 0.05) is 24.8 Å². The molecular formula is C15H18N4O5S. The Hall–Kier alpha value is -2.85. The number of nitro benzene ring substituents is 1. The lowest BCUT2D eigenvalue weighted by Gasteiger charge is -2.09. The second-order valence-corrected chi connectivity index (χ2v) is 5.03. The van der Waals surface area contributed by atoms with Crippen molar-refractivity contribution in [2.24, 2.45) is 0 Å². The molecule has 9 nitrogen and oxygen atoms in total. The van der Waals surface area contributed by atoms with Gasteiger partial charge in [0.15, 0.2) is 5.11 Å². The Bertz CT molecular complexity index is 678. The van der Waals surface area contributed by atoms with Crippen LogP contribution >= 0.6 is 12.2 Å². The number of nitrogens with one attached hydrogen (secondary N) is 3. The molecule has 0 aliphatic heterocycles. The number of amides is 2. The highest BCUT2D eigenvalue weighted by molar-refractivity contribution is 7.80. The molecule has 0 unspecified atom stereocenters. The van der Waals surface area contributed by atoms with Gasteiger partial charge in [0.1, 0.15) is 0 Å². The van der Waals surface area contributed by atoms with Gasteiger partial charge in [-0.1, -0.05) is 12.1 Å². The van der Waals surface area contributed by atoms with E-state index in [9.17, 15) is 19.7 Å². The molecule has 0 aromatic heterocycles. The average Bonchev–Trinajstić information content (AvgIpc) is 2.58. The van der Waals surface area contributed by atoms with Crippen LogP contribution in [0.25, 0.3) is 6.08 Å². The van der Waals surface area contributed by atoms with Gasteiger partial charge >= 0.3 is 0 Å². The van der Waals surface area contributed by atoms with Gasteiger partial charge in [-0.25, -0.2) is 0 Å². The average molecular weight is 366 g/mol. The number of hydrogen-bond acceptors (Lipinski definition) is 6. The van der Waals surface area contributed by atoms with Crippen LogP contribution in [0.3, 0.4) is 0 Å². The molecule has 1 aromatic rings. The number of hydrogen-bond donors (Lipinski definition) is 3. The van der Waals surface area contributed by atoms with E-state index >= 15 is 0 Å². The topological polar surface area (TPSA) is 123 Å². The number of rotatable bonds is 7. The third-order valence-corrected chi connectivity index (χ3v) is 2.94. The fourth-order valence-electron chi connectivity index (χ4n) is 1.60. The quantitative estimate of drug-likeness (QED) is 0.217. The third-order valence-electron chi connectivity index (χ3n) is 2.74. The summed E-state index contributed by atoms with van der Waals surface area (Å²) in [6.07, 6.45) is 2.74. The number of nitrogens with zero attached hydrogens (tertiary/aromatic N) is 1. The second kappa shape index (κ2) is 10.8. The molecule has 3 N–H and O–H groups in total. The summed E-state index contributed by atoms with van der Waals surface area (Å²) in [6, 6.07) is 5.81.